The molecule has 9 heteroatoms. The van der Waals surface area contributed by atoms with Gasteiger partial charge in [0.1, 0.15) is 5.82 Å². The first-order valence-corrected chi connectivity index (χ1v) is 12.7. The molecule has 1 aromatic heterocycles. The molecule has 0 atom stereocenters. The Balaban J connectivity index is 1.67. The minimum atomic E-state index is -0.972. The predicted octanol–water partition coefficient (Wildman–Crippen LogP) is 5.97. The van der Waals surface area contributed by atoms with Crippen LogP contribution in [0.4, 0.5) is 14.5 Å². The van der Waals surface area contributed by atoms with Gasteiger partial charge in [-0.2, -0.15) is 0 Å². The van der Waals surface area contributed by atoms with Crippen LogP contribution in [0.1, 0.15) is 68.4 Å². The number of nitrogens with zero attached hydrogens (tertiary/aromatic N) is 3. The van der Waals surface area contributed by atoms with E-state index in [0.717, 1.165) is 43.9 Å². The predicted molar refractivity (Wildman–Crippen MR) is 137 cm³/mol. The first kappa shape index (κ1) is 25.3. The molecule has 1 saturated carbocycles. The zero-order chi connectivity index (χ0) is 25.3. The summed E-state index contributed by atoms with van der Waals surface area (Å²) in [6.07, 6.45) is 5.51. The molecule has 186 valence electrons. The molecule has 1 N–H and O–H groups in total. The molecule has 0 spiro atoms. The number of fused-ring (bicyclic) bond motifs is 1. The Kier molecular flexibility index (Phi) is 7.28. The van der Waals surface area contributed by atoms with E-state index in [1.807, 2.05) is 18.3 Å². The lowest BCUT2D eigenvalue weighted by atomic mass is 9.62. The first-order valence-electron chi connectivity index (χ1n) is 11.9. The summed E-state index contributed by atoms with van der Waals surface area (Å²) < 4.78 is 36.0. The van der Waals surface area contributed by atoms with Crippen LogP contribution in [0.25, 0.3) is 10.9 Å². The van der Waals surface area contributed by atoms with Gasteiger partial charge in [0.15, 0.2) is 11.6 Å². The maximum absolute atomic E-state index is 15.1. The highest BCUT2D eigenvalue weighted by Crippen LogP contribution is 2.52. The maximum atomic E-state index is 15.1. The van der Waals surface area contributed by atoms with Crippen LogP contribution in [0.3, 0.4) is 0 Å². The molecule has 35 heavy (non-hydrogen) atoms. The number of hydrogen-bond acceptors (Lipinski definition) is 6. The third kappa shape index (κ3) is 4.71. The number of hydrogen-bond donors (Lipinski definition) is 1. The van der Waals surface area contributed by atoms with E-state index >= 15 is 4.39 Å². The van der Waals surface area contributed by atoms with Gasteiger partial charge in [0.05, 0.1) is 28.5 Å². The number of ketones is 1. The van der Waals surface area contributed by atoms with Crippen molar-refractivity contribution in [3.05, 3.63) is 69.8 Å². The van der Waals surface area contributed by atoms with E-state index < -0.39 is 23.0 Å². The molecule has 0 bridgehead atoms. The largest absolute Gasteiger partial charge is 0.314 e. The van der Waals surface area contributed by atoms with Crippen molar-refractivity contribution < 1.29 is 13.6 Å². The minimum Gasteiger partial charge on any atom is -0.314 e. The summed E-state index contributed by atoms with van der Waals surface area (Å²) in [5.74, 6) is -2.75. The van der Waals surface area contributed by atoms with Gasteiger partial charge in [0.2, 0.25) is 0 Å². The number of benzene rings is 2. The molecule has 0 saturated heterocycles. The zero-order valence-electron chi connectivity index (χ0n) is 20.4. The lowest BCUT2D eigenvalue weighted by molar-refractivity contribution is 0.0508. The second kappa shape index (κ2) is 10.1. The average Bonchev–Trinajstić information content (AvgIpc) is 2.84. The summed E-state index contributed by atoms with van der Waals surface area (Å²) in [7, 11) is 1.81. The molecule has 2 aromatic carbocycles. The Hall–Kier alpha value is -2.78. The van der Waals surface area contributed by atoms with Crippen LogP contribution >= 0.6 is 12.1 Å². The van der Waals surface area contributed by atoms with E-state index in [1.165, 1.54) is 18.2 Å². The van der Waals surface area contributed by atoms with Gasteiger partial charge in [-0.25, -0.2) is 18.1 Å². The van der Waals surface area contributed by atoms with Crippen molar-refractivity contribution in [3.8, 4) is 0 Å². The third-order valence-corrected chi connectivity index (χ3v) is 8.23. The van der Waals surface area contributed by atoms with Gasteiger partial charge in [0.25, 0.3) is 5.56 Å². The van der Waals surface area contributed by atoms with E-state index in [4.69, 9.17) is 0 Å². The molecule has 1 aliphatic carbocycles. The first-order chi connectivity index (χ1) is 16.7. The van der Waals surface area contributed by atoms with Crippen molar-refractivity contribution in [2.75, 3.05) is 18.3 Å². The van der Waals surface area contributed by atoms with E-state index in [0.29, 0.717) is 12.1 Å². The van der Waals surface area contributed by atoms with Gasteiger partial charge in [-0.3, -0.25) is 14.2 Å². The van der Waals surface area contributed by atoms with Crippen molar-refractivity contribution >= 4 is 34.5 Å². The smallest absolute Gasteiger partial charge is 0.261 e. The normalized spacial score (nSPS) is 15.4. The van der Waals surface area contributed by atoms with Crippen molar-refractivity contribution in [1.29, 1.82) is 0 Å². The molecule has 0 unspecified atom stereocenters. The molecule has 3 aromatic rings. The Bertz CT molecular complexity index is 1310. The van der Waals surface area contributed by atoms with Crippen molar-refractivity contribution in [1.82, 2.24) is 13.9 Å². The van der Waals surface area contributed by atoms with Crippen molar-refractivity contribution in [3.63, 3.8) is 0 Å². The average molecular weight is 501 g/mol. The second-order valence-corrected chi connectivity index (χ2v) is 10.2. The summed E-state index contributed by atoms with van der Waals surface area (Å²) in [6.45, 7) is 6.97. The number of rotatable bonds is 9. The molecule has 6 nitrogen and oxygen atoms in total. The molecule has 0 radical (unpaired) electrons. The monoisotopic (exact) mass is 500 g/mol. The number of carbonyl (C=O) groups is 1. The third-order valence-electron chi connectivity index (χ3n) is 7.35. The van der Waals surface area contributed by atoms with Gasteiger partial charge in [-0.05, 0) is 55.6 Å². The molecule has 1 aliphatic rings. The highest BCUT2D eigenvalue weighted by Gasteiger charge is 2.42. The topological polar surface area (TPSA) is 67.2 Å². The number of aromatic nitrogens is 2. The lowest BCUT2D eigenvalue weighted by Gasteiger charge is -2.47. The highest BCUT2D eigenvalue weighted by atomic mass is 32.2. The van der Waals surface area contributed by atoms with E-state index in [1.54, 1.807) is 17.0 Å². The van der Waals surface area contributed by atoms with Crippen LogP contribution < -0.4 is 10.3 Å². The van der Waals surface area contributed by atoms with Gasteiger partial charge in [-0.15, -0.1) is 0 Å². The molecule has 1 heterocycles. The van der Waals surface area contributed by atoms with Crippen LogP contribution in [0.5, 0.6) is 0 Å². The van der Waals surface area contributed by atoms with Crippen LogP contribution in [0, 0.1) is 17.0 Å². The summed E-state index contributed by atoms with van der Waals surface area (Å²) >= 11 is 1.14. The van der Waals surface area contributed by atoms with Crippen LogP contribution in [-0.2, 0) is 0 Å². The van der Waals surface area contributed by atoms with Gasteiger partial charge in [-0.1, -0.05) is 33.6 Å². The molecule has 0 amide bonds. The van der Waals surface area contributed by atoms with Gasteiger partial charge in [0, 0.05) is 30.3 Å². The summed E-state index contributed by atoms with van der Waals surface area (Å²) in [5, 5.41) is 0.263. The van der Waals surface area contributed by atoms with E-state index in [2.05, 4.69) is 23.6 Å². The fourth-order valence-electron chi connectivity index (χ4n) is 4.68. The Morgan fingerprint density at radius 1 is 1.20 bits per heavy atom. The summed E-state index contributed by atoms with van der Waals surface area (Å²) in [4.78, 5) is 30.9. The summed E-state index contributed by atoms with van der Waals surface area (Å²) in [5.41, 5.74) is -0.166. The van der Waals surface area contributed by atoms with E-state index in [9.17, 15) is 14.0 Å². The molecule has 1 fully saturated rings. The minimum absolute atomic E-state index is 0.00479. The Labute approximate surface area is 208 Å². The number of anilines is 1. The van der Waals surface area contributed by atoms with Crippen LogP contribution in [0.15, 0.2) is 41.5 Å². The molecular formula is C26H30F2N4O2S. The van der Waals surface area contributed by atoms with Crippen LogP contribution in [0.2, 0.25) is 0 Å². The second-order valence-electron chi connectivity index (χ2n) is 9.21. The fraction of sp³-hybridized carbons (Fsp3) is 0.423. The van der Waals surface area contributed by atoms with E-state index in [-0.39, 0.29) is 33.7 Å². The van der Waals surface area contributed by atoms with Crippen molar-refractivity contribution in [2.24, 2.45) is 5.41 Å². The Morgan fingerprint density at radius 2 is 1.91 bits per heavy atom. The molecular weight excluding hydrogens is 470 g/mol. The highest BCUT2D eigenvalue weighted by molar-refractivity contribution is 7.98. The lowest BCUT2D eigenvalue weighted by Crippen LogP contribution is -2.41. The van der Waals surface area contributed by atoms with Gasteiger partial charge >= 0.3 is 0 Å². The van der Waals surface area contributed by atoms with Gasteiger partial charge < -0.3 is 4.72 Å². The standard InChI is InChI=1S/C26H30F2N4O2S/c1-5-26(6-2)13-17(14-26)32-15-29-20-10-8-16(12-18(20)25(32)34)24(33)22-19(27)9-11-21(23(22)28)30-35-31(4)7-3/h8-12,15,17,30H,5-7,13-14H2,1-4H3. The number of halogens is 2. The number of nitrogens with one attached hydrogen (secondary N) is 1. The number of carbonyl (C=O) groups excluding carboxylic acids is 1. The van der Waals surface area contributed by atoms with Crippen molar-refractivity contribution in [2.45, 2.75) is 52.5 Å². The quantitative estimate of drug-likeness (QED) is 0.288. The van der Waals surface area contributed by atoms with Crippen LogP contribution in [-0.4, -0.2) is 33.2 Å². The zero-order valence-corrected chi connectivity index (χ0v) is 21.2. The summed E-state index contributed by atoms with van der Waals surface area (Å²) in [6, 6.07) is 6.77. The molecule has 4 rings (SSSR count). The maximum Gasteiger partial charge on any atom is 0.261 e. The Morgan fingerprint density at radius 3 is 2.57 bits per heavy atom. The SMILES string of the molecule is CCN(C)SNc1ccc(F)c(C(=O)c2ccc3ncn(C4CC(CC)(CC)C4)c(=O)c3c2)c1F. The fourth-order valence-corrected chi connectivity index (χ4v) is 5.22. The molecule has 0 aliphatic heterocycles.